The van der Waals surface area contributed by atoms with Crippen molar-refractivity contribution in [2.75, 3.05) is 34.0 Å². The van der Waals surface area contributed by atoms with Crippen LogP contribution in [0, 0.1) is 5.92 Å². The Labute approximate surface area is 125 Å². The molecule has 1 amide bonds. The molecular weight excluding hydrogens is 274 g/mol. The van der Waals surface area contributed by atoms with Gasteiger partial charge in [-0.1, -0.05) is 12.2 Å². The number of amides is 1. The summed E-state index contributed by atoms with van der Waals surface area (Å²) in [5, 5.41) is 2.66. The summed E-state index contributed by atoms with van der Waals surface area (Å²) in [6.45, 7) is 7.65. The van der Waals surface area contributed by atoms with Crippen molar-refractivity contribution >= 4 is 6.09 Å². The van der Waals surface area contributed by atoms with Crippen LogP contribution in [0.2, 0.25) is 0 Å². The Hall–Kier alpha value is -1.11. The lowest BCUT2D eigenvalue weighted by molar-refractivity contribution is -0.0886. The molecule has 3 unspecified atom stereocenters. The first-order valence-electron chi connectivity index (χ1n) is 7.29. The van der Waals surface area contributed by atoms with Crippen LogP contribution in [0.5, 0.6) is 0 Å². The maximum atomic E-state index is 11.8. The molecule has 1 aliphatic carbocycles. The van der Waals surface area contributed by atoms with Gasteiger partial charge in [-0.15, -0.1) is 0 Å². The molecule has 2 aliphatic rings. The minimum absolute atomic E-state index is 0.0630. The molecule has 0 aromatic heterocycles. The lowest BCUT2D eigenvalue weighted by atomic mass is 9.72. The molecule has 1 heterocycles. The molecule has 2 rings (SSSR count). The summed E-state index contributed by atoms with van der Waals surface area (Å²) < 4.78 is 21.7. The van der Waals surface area contributed by atoms with Gasteiger partial charge < -0.3 is 24.3 Å². The Morgan fingerprint density at radius 2 is 2.19 bits per heavy atom. The molecule has 6 nitrogen and oxygen atoms in total. The van der Waals surface area contributed by atoms with E-state index in [4.69, 9.17) is 18.9 Å². The molecule has 0 aromatic carbocycles. The first-order chi connectivity index (χ1) is 10.0. The van der Waals surface area contributed by atoms with Crippen LogP contribution in [0.25, 0.3) is 0 Å². The molecule has 1 spiro atoms. The first-order valence-corrected chi connectivity index (χ1v) is 7.29. The largest absolute Gasteiger partial charge is 0.443 e. The maximum Gasteiger partial charge on any atom is 0.407 e. The van der Waals surface area contributed by atoms with Gasteiger partial charge in [-0.2, -0.15) is 0 Å². The summed E-state index contributed by atoms with van der Waals surface area (Å²) in [5.74, 6) is 0.0630. The highest BCUT2D eigenvalue weighted by Gasteiger charge is 2.59. The third-order valence-corrected chi connectivity index (χ3v) is 4.27. The highest BCUT2D eigenvalue weighted by atomic mass is 16.6. The van der Waals surface area contributed by atoms with Crippen molar-refractivity contribution in [3.05, 3.63) is 12.2 Å². The molecule has 21 heavy (non-hydrogen) atoms. The van der Waals surface area contributed by atoms with Crippen LogP contribution in [-0.2, 0) is 18.9 Å². The van der Waals surface area contributed by atoms with E-state index in [2.05, 4.69) is 11.9 Å². The predicted octanol–water partition coefficient (Wildman–Crippen LogP) is 1.50. The topological polar surface area (TPSA) is 69.3 Å². The van der Waals surface area contributed by atoms with Crippen molar-refractivity contribution in [1.82, 2.24) is 5.32 Å². The number of rotatable bonds is 6. The smallest absolute Gasteiger partial charge is 0.407 e. The molecule has 0 radical (unpaired) electrons. The fourth-order valence-electron chi connectivity index (χ4n) is 3.21. The van der Waals surface area contributed by atoms with Gasteiger partial charge in [-0.05, 0) is 19.8 Å². The Morgan fingerprint density at radius 1 is 1.48 bits per heavy atom. The van der Waals surface area contributed by atoms with Gasteiger partial charge in [0.2, 0.25) is 0 Å². The minimum atomic E-state index is -0.438. The number of carbonyl (C=O) groups excluding carboxylic acids is 1. The van der Waals surface area contributed by atoms with Crippen molar-refractivity contribution in [2.24, 2.45) is 5.92 Å². The van der Waals surface area contributed by atoms with Gasteiger partial charge in [0.25, 0.3) is 0 Å². The van der Waals surface area contributed by atoms with E-state index in [1.807, 2.05) is 6.92 Å². The van der Waals surface area contributed by atoms with Crippen LogP contribution in [0.3, 0.4) is 0 Å². The Bertz CT molecular complexity index is 394. The normalized spacial score (nSPS) is 34.5. The van der Waals surface area contributed by atoms with Gasteiger partial charge in [0.1, 0.15) is 17.8 Å². The molecule has 0 bridgehead atoms. The van der Waals surface area contributed by atoms with E-state index in [-0.39, 0.29) is 23.7 Å². The van der Waals surface area contributed by atoms with E-state index in [0.717, 1.165) is 25.0 Å². The van der Waals surface area contributed by atoms with Gasteiger partial charge in [-0.25, -0.2) is 4.79 Å². The van der Waals surface area contributed by atoms with Gasteiger partial charge in [0.15, 0.2) is 0 Å². The molecule has 0 aromatic rings. The maximum absolute atomic E-state index is 11.8. The standard InChI is InChI=1S/C15H25NO5/c1-10(2)12-13(19-4)11(5-6-15(12)9-20-15)21-14(17)16-7-8-18-3/h11-13H,1,5-9H2,2-4H3,(H,16,17)/t11?,12?,13?,15-/m0/s1. The number of nitrogens with one attached hydrogen (secondary N) is 1. The van der Waals surface area contributed by atoms with Crippen molar-refractivity contribution in [3.63, 3.8) is 0 Å². The number of epoxide rings is 1. The highest BCUT2D eigenvalue weighted by molar-refractivity contribution is 5.67. The SMILES string of the molecule is C=C(C)C1C(OC)C(OC(=O)NCCOC)CC[C@]12CO2. The van der Waals surface area contributed by atoms with Crippen LogP contribution < -0.4 is 5.32 Å². The number of alkyl carbamates (subject to hydrolysis) is 1. The Morgan fingerprint density at radius 3 is 2.71 bits per heavy atom. The molecular formula is C15H25NO5. The average Bonchev–Trinajstić information content (AvgIpc) is 3.20. The zero-order chi connectivity index (χ0) is 15.5. The van der Waals surface area contributed by atoms with Crippen molar-refractivity contribution in [1.29, 1.82) is 0 Å². The summed E-state index contributed by atoms with van der Waals surface area (Å²) >= 11 is 0. The Kier molecular flexibility index (Phi) is 5.24. The van der Waals surface area contributed by atoms with Crippen molar-refractivity contribution in [3.8, 4) is 0 Å². The number of carbonyl (C=O) groups is 1. The predicted molar refractivity (Wildman–Crippen MR) is 77.2 cm³/mol. The Balaban J connectivity index is 1.96. The molecule has 120 valence electrons. The molecule has 1 N–H and O–H groups in total. The third kappa shape index (κ3) is 3.56. The van der Waals surface area contributed by atoms with Crippen LogP contribution in [-0.4, -0.2) is 57.9 Å². The number of methoxy groups -OCH3 is 2. The zero-order valence-electron chi connectivity index (χ0n) is 13.0. The molecule has 6 heteroatoms. The van der Waals surface area contributed by atoms with E-state index < -0.39 is 6.09 Å². The molecule has 1 saturated heterocycles. The van der Waals surface area contributed by atoms with E-state index in [0.29, 0.717) is 13.2 Å². The summed E-state index contributed by atoms with van der Waals surface area (Å²) in [4.78, 5) is 11.8. The van der Waals surface area contributed by atoms with E-state index >= 15 is 0 Å². The highest BCUT2D eigenvalue weighted by Crippen LogP contribution is 2.50. The van der Waals surface area contributed by atoms with Gasteiger partial charge in [0, 0.05) is 26.7 Å². The summed E-state index contributed by atoms with van der Waals surface area (Å²) in [5.41, 5.74) is 0.853. The fraction of sp³-hybridized carbons (Fsp3) is 0.800. The van der Waals surface area contributed by atoms with Crippen molar-refractivity contribution in [2.45, 2.75) is 37.6 Å². The van der Waals surface area contributed by atoms with Gasteiger partial charge in [0.05, 0.1) is 13.2 Å². The monoisotopic (exact) mass is 299 g/mol. The van der Waals surface area contributed by atoms with E-state index in [1.54, 1.807) is 14.2 Å². The lowest BCUT2D eigenvalue weighted by Crippen LogP contribution is -2.51. The van der Waals surface area contributed by atoms with Crippen LogP contribution in [0.4, 0.5) is 4.79 Å². The number of hydrogen-bond acceptors (Lipinski definition) is 5. The van der Waals surface area contributed by atoms with Gasteiger partial charge in [-0.3, -0.25) is 0 Å². The molecule has 1 saturated carbocycles. The molecule has 1 aliphatic heterocycles. The number of ether oxygens (including phenoxy) is 4. The quantitative estimate of drug-likeness (QED) is 0.457. The second-order valence-electron chi connectivity index (χ2n) is 5.78. The van der Waals surface area contributed by atoms with Crippen LogP contribution >= 0.6 is 0 Å². The summed E-state index contributed by atoms with van der Waals surface area (Å²) in [6.07, 6.45) is 0.661. The second-order valence-corrected chi connectivity index (χ2v) is 5.78. The lowest BCUT2D eigenvalue weighted by Gasteiger charge is -2.40. The van der Waals surface area contributed by atoms with Crippen LogP contribution in [0.15, 0.2) is 12.2 Å². The third-order valence-electron chi connectivity index (χ3n) is 4.27. The first kappa shape index (κ1) is 16.3. The summed E-state index contributed by atoms with van der Waals surface area (Å²) in [6, 6.07) is 0. The zero-order valence-corrected chi connectivity index (χ0v) is 13.0. The minimum Gasteiger partial charge on any atom is -0.443 e. The van der Waals surface area contributed by atoms with Crippen molar-refractivity contribution < 1.29 is 23.7 Å². The molecule has 2 fully saturated rings. The van der Waals surface area contributed by atoms with E-state index in [9.17, 15) is 4.79 Å². The fourth-order valence-corrected chi connectivity index (χ4v) is 3.21. The van der Waals surface area contributed by atoms with E-state index in [1.165, 1.54) is 0 Å². The van der Waals surface area contributed by atoms with Crippen LogP contribution in [0.1, 0.15) is 19.8 Å². The molecule has 4 atom stereocenters. The number of hydrogen-bond donors (Lipinski definition) is 1. The second kappa shape index (κ2) is 6.77. The van der Waals surface area contributed by atoms with Gasteiger partial charge >= 0.3 is 6.09 Å². The summed E-state index contributed by atoms with van der Waals surface area (Å²) in [7, 11) is 3.23. The average molecular weight is 299 g/mol.